The van der Waals surface area contributed by atoms with Crippen LogP contribution in [-0.2, 0) is 13.0 Å². The maximum Gasteiger partial charge on any atom is 0.160 e. The lowest BCUT2D eigenvalue weighted by Crippen LogP contribution is -2.83. The van der Waals surface area contributed by atoms with Gasteiger partial charge in [-0.25, -0.2) is 8.78 Å². The predicted octanol–water partition coefficient (Wildman–Crippen LogP) is 2.29. The fraction of sp³-hybridized carbons (Fsp3) is 0.294. The maximum absolute atomic E-state index is 13.5. The summed E-state index contributed by atoms with van der Waals surface area (Å²) in [5.41, 5.74) is 1.49. The molecule has 0 aromatic heterocycles. The summed E-state index contributed by atoms with van der Waals surface area (Å²) >= 11 is 0. The molecule has 0 saturated heterocycles. The zero-order chi connectivity index (χ0) is 15.9. The third kappa shape index (κ3) is 4.18. The van der Waals surface area contributed by atoms with Crippen LogP contribution in [0, 0.1) is 11.6 Å². The molecule has 2 aromatic carbocycles. The summed E-state index contributed by atoms with van der Waals surface area (Å²) in [6.07, 6.45) is 0.803. The van der Waals surface area contributed by atoms with Gasteiger partial charge in [-0.2, -0.15) is 0 Å². The van der Waals surface area contributed by atoms with Gasteiger partial charge in [0.2, 0.25) is 0 Å². The summed E-state index contributed by atoms with van der Waals surface area (Å²) in [7, 11) is 3.19. The van der Waals surface area contributed by atoms with Crippen molar-refractivity contribution in [2.45, 2.75) is 13.0 Å². The summed E-state index contributed by atoms with van der Waals surface area (Å²) in [6, 6.07) is 9.28. The van der Waals surface area contributed by atoms with Crippen molar-refractivity contribution in [3.05, 3.63) is 59.2 Å². The molecule has 0 heterocycles. The van der Waals surface area contributed by atoms with E-state index >= 15 is 0 Å². The van der Waals surface area contributed by atoms with E-state index in [1.165, 1.54) is 6.07 Å². The van der Waals surface area contributed by atoms with Gasteiger partial charge in [-0.1, -0.05) is 6.07 Å². The highest BCUT2D eigenvalue weighted by Crippen LogP contribution is 2.27. The molecule has 22 heavy (non-hydrogen) atoms. The smallest absolute Gasteiger partial charge is 0.160 e. The molecule has 0 aliphatic heterocycles. The highest BCUT2D eigenvalue weighted by molar-refractivity contribution is 5.42. The number of quaternary nitrogens is 1. The largest absolute Gasteiger partial charge is 0.493 e. The SMILES string of the molecule is COc1ccc(CC[NH2+]Cc2cc(F)ccc2F)cc1OC. The van der Waals surface area contributed by atoms with Crippen molar-refractivity contribution < 1.29 is 23.6 Å². The number of nitrogens with two attached hydrogens (primary N) is 1. The molecule has 3 nitrogen and oxygen atoms in total. The van der Waals surface area contributed by atoms with E-state index in [4.69, 9.17) is 9.47 Å². The molecule has 0 amide bonds. The molecule has 0 fully saturated rings. The molecule has 2 N–H and O–H groups in total. The highest BCUT2D eigenvalue weighted by atomic mass is 19.1. The normalized spacial score (nSPS) is 10.5. The average Bonchev–Trinajstić information content (AvgIpc) is 2.54. The molecule has 0 saturated carbocycles. The van der Waals surface area contributed by atoms with Gasteiger partial charge in [0.05, 0.1) is 20.8 Å². The number of rotatable bonds is 7. The Balaban J connectivity index is 1.87. The summed E-state index contributed by atoms with van der Waals surface area (Å²) in [5.74, 6) is 0.599. The van der Waals surface area contributed by atoms with Crippen LogP contribution in [0.1, 0.15) is 11.1 Å². The Bertz CT molecular complexity index is 632. The van der Waals surface area contributed by atoms with Crippen LogP contribution in [0.15, 0.2) is 36.4 Å². The molecular weight excluding hydrogens is 288 g/mol. The van der Waals surface area contributed by atoms with E-state index < -0.39 is 5.82 Å². The third-order valence-corrected chi connectivity index (χ3v) is 3.46. The first-order chi connectivity index (χ1) is 10.6. The van der Waals surface area contributed by atoms with Gasteiger partial charge in [0.25, 0.3) is 0 Å². The zero-order valence-corrected chi connectivity index (χ0v) is 12.7. The number of hydrogen-bond acceptors (Lipinski definition) is 2. The van der Waals surface area contributed by atoms with Crippen molar-refractivity contribution in [2.24, 2.45) is 0 Å². The molecule has 0 unspecified atom stereocenters. The molecule has 2 rings (SSSR count). The predicted molar refractivity (Wildman–Crippen MR) is 80.1 cm³/mol. The summed E-state index contributed by atoms with van der Waals surface area (Å²) < 4.78 is 37.0. The van der Waals surface area contributed by atoms with Crippen LogP contribution in [0.25, 0.3) is 0 Å². The number of benzene rings is 2. The van der Waals surface area contributed by atoms with E-state index in [0.29, 0.717) is 23.6 Å². The van der Waals surface area contributed by atoms with Gasteiger partial charge in [0, 0.05) is 12.0 Å². The van der Waals surface area contributed by atoms with E-state index in [2.05, 4.69) is 0 Å². The van der Waals surface area contributed by atoms with Gasteiger partial charge in [0.1, 0.15) is 18.2 Å². The zero-order valence-electron chi connectivity index (χ0n) is 12.7. The summed E-state index contributed by atoms with van der Waals surface area (Å²) in [5, 5.41) is 1.95. The quantitative estimate of drug-likeness (QED) is 0.797. The fourth-order valence-corrected chi connectivity index (χ4v) is 2.26. The van der Waals surface area contributed by atoms with Crippen LogP contribution >= 0.6 is 0 Å². The molecular formula is C17H20F2NO2+. The summed E-state index contributed by atoms with van der Waals surface area (Å²) in [6.45, 7) is 1.18. The Hall–Kier alpha value is -2.14. The second-order valence-corrected chi connectivity index (χ2v) is 4.96. The van der Waals surface area contributed by atoms with Crippen molar-refractivity contribution in [1.29, 1.82) is 0 Å². The molecule has 0 radical (unpaired) electrons. The minimum absolute atomic E-state index is 0.372. The third-order valence-electron chi connectivity index (χ3n) is 3.46. The Labute approximate surface area is 128 Å². The molecule has 0 aliphatic rings. The molecule has 0 bridgehead atoms. The molecule has 5 heteroatoms. The molecule has 0 atom stereocenters. The lowest BCUT2D eigenvalue weighted by atomic mass is 10.1. The van der Waals surface area contributed by atoms with E-state index in [-0.39, 0.29) is 5.82 Å². The first kappa shape index (κ1) is 16.2. The van der Waals surface area contributed by atoms with Crippen molar-refractivity contribution in [3.63, 3.8) is 0 Å². The minimum Gasteiger partial charge on any atom is -0.493 e. The van der Waals surface area contributed by atoms with E-state index in [1.54, 1.807) is 14.2 Å². The van der Waals surface area contributed by atoms with Gasteiger partial charge in [0.15, 0.2) is 11.5 Å². The second kappa shape index (κ2) is 7.75. The Morgan fingerprint density at radius 2 is 1.73 bits per heavy atom. The lowest BCUT2D eigenvalue weighted by molar-refractivity contribution is -0.670. The number of halogens is 2. The number of hydrogen-bond donors (Lipinski definition) is 1. The van der Waals surface area contributed by atoms with Crippen LogP contribution in [-0.4, -0.2) is 20.8 Å². The van der Waals surface area contributed by atoms with Crippen molar-refractivity contribution >= 4 is 0 Å². The topological polar surface area (TPSA) is 35.1 Å². The van der Waals surface area contributed by atoms with Crippen LogP contribution in [0.5, 0.6) is 11.5 Å². The summed E-state index contributed by atoms with van der Waals surface area (Å²) in [4.78, 5) is 0. The first-order valence-electron chi connectivity index (χ1n) is 7.10. The van der Waals surface area contributed by atoms with Crippen molar-refractivity contribution in [1.82, 2.24) is 0 Å². The maximum atomic E-state index is 13.5. The van der Waals surface area contributed by atoms with Gasteiger partial charge in [-0.3, -0.25) is 0 Å². The second-order valence-electron chi connectivity index (χ2n) is 4.96. The van der Waals surface area contributed by atoms with Gasteiger partial charge < -0.3 is 14.8 Å². The van der Waals surface area contributed by atoms with E-state index in [9.17, 15) is 8.78 Å². The highest BCUT2D eigenvalue weighted by Gasteiger charge is 2.07. The lowest BCUT2D eigenvalue weighted by Gasteiger charge is -2.09. The monoisotopic (exact) mass is 308 g/mol. The van der Waals surface area contributed by atoms with Crippen LogP contribution in [0.3, 0.4) is 0 Å². The molecule has 118 valence electrons. The van der Waals surface area contributed by atoms with Gasteiger partial charge >= 0.3 is 0 Å². The van der Waals surface area contributed by atoms with Crippen LogP contribution in [0.4, 0.5) is 8.78 Å². The molecule has 2 aromatic rings. The van der Waals surface area contributed by atoms with Crippen LogP contribution < -0.4 is 14.8 Å². The van der Waals surface area contributed by atoms with Crippen molar-refractivity contribution in [2.75, 3.05) is 20.8 Å². The van der Waals surface area contributed by atoms with Crippen LogP contribution in [0.2, 0.25) is 0 Å². The molecule has 0 aliphatic carbocycles. The average molecular weight is 308 g/mol. The Morgan fingerprint density at radius 3 is 2.45 bits per heavy atom. The number of ether oxygens (including phenoxy) is 2. The van der Waals surface area contributed by atoms with E-state index in [1.807, 2.05) is 23.5 Å². The van der Waals surface area contributed by atoms with Crippen molar-refractivity contribution in [3.8, 4) is 11.5 Å². The van der Waals surface area contributed by atoms with E-state index in [0.717, 1.165) is 30.7 Å². The Morgan fingerprint density at radius 1 is 0.955 bits per heavy atom. The minimum atomic E-state index is -0.412. The molecule has 0 spiro atoms. The Kier molecular flexibility index (Phi) is 5.72. The standard InChI is InChI=1S/C17H19F2NO2/c1-21-16-6-3-12(9-17(16)22-2)7-8-20-11-13-10-14(18)4-5-15(13)19/h3-6,9-10,20H,7-8,11H2,1-2H3/p+1. The fourth-order valence-electron chi connectivity index (χ4n) is 2.26. The first-order valence-corrected chi connectivity index (χ1v) is 7.10. The number of methoxy groups -OCH3 is 2. The van der Waals surface area contributed by atoms with Gasteiger partial charge in [-0.05, 0) is 35.9 Å². The van der Waals surface area contributed by atoms with Gasteiger partial charge in [-0.15, -0.1) is 0 Å².